The van der Waals surface area contributed by atoms with Crippen molar-refractivity contribution in [2.45, 2.75) is 0 Å². The van der Waals surface area contributed by atoms with Gasteiger partial charge in [0.15, 0.2) is 0 Å². The number of para-hydroxylation sites is 2. The summed E-state index contributed by atoms with van der Waals surface area (Å²) in [5.74, 6) is 1.19. The van der Waals surface area contributed by atoms with Crippen LogP contribution in [-0.2, 0) is 4.79 Å². The van der Waals surface area contributed by atoms with Crippen molar-refractivity contribution in [2.75, 3.05) is 78.0 Å². The number of rotatable bonds is 4. The first-order valence-corrected chi connectivity index (χ1v) is 8.74. The Hall–Kier alpha value is -1.79. The summed E-state index contributed by atoms with van der Waals surface area (Å²) in [4.78, 5) is 21.4. The van der Waals surface area contributed by atoms with E-state index in [9.17, 15) is 4.79 Å². The maximum absolute atomic E-state index is 12.5. The maximum Gasteiger partial charge on any atom is 0.236 e. The van der Waals surface area contributed by atoms with Gasteiger partial charge in [0.05, 0.1) is 19.3 Å². The quantitative estimate of drug-likeness (QED) is 0.807. The molecule has 1 amide bonds. The van der Waals surface area contributed by atoms with E-state index in [1.54, 1.807) is 7.11 Å². The smallest absolute Gasteiger partial charge is 0.236 e. The number of carbonyl (C=O) groups is 1. The lowest BCUT2D eigenvalue weighted by Crippen LogP contribution is -2.53. The average molecular weight is 332 g/mol. The molecule has 0 spiro atoms. The number of anilines is 1. The van der Waals surface area contributed by atoms with E-state index in [4.69, 9.17) is 4.74 Å². The predicted molar refractivity (Wildman–Crippen MR) is 95.7 cm³/mol. The Labute approximate surface area is 144 Å². The van der Waals surface area contributed by atoms with Crippen LogP contribution in [0.4, 0.5) is 5.69 Å². The highest BCUT2D eigenvalue weighted by atomic mass is 16.5. The molecule has 24 heavy (non-hydrogen) atoms. The summed E-state index contributed by atoms with van der Waals surface area (Å²) in [6.45, 7) is 7.90. The fourth-order valence-electron chi connectivity index (χ4n) is 3.39. The molecular formula is C18H28N4O2. The molecule has 0 unspecified atom stereocenters. The van der Waals surface area contributed by atoms with Crippen molar-refractivity contribution >= 4 is 11.6 Å². The summed E-state index contributed by atoms with van der Waals surface area (Å²) in [6.07, 6.45) is 0. The Morgan fingerprint density at radius 2 is 1.67 bits per heavy atom. The van der Waals surface area contributed by atoms with Gasteiger partial charge in [-0.2, -0.15) is 0 Å². The molecule has 0 saturated carbocycles. The average Bonchev–Trinajstić information content (AvgIpc) is 2.63. The van der Waals surface area contributed by atoms with E-state index in [0.717, 1.165) is 63.8 Å². The van der Waals surface area contributed by atoms with Crippen LogP contribution < -0.4 is 9.64 Å². The number of likely N-dealkylation sites (N-methyl/N-ethyl adjacent to an activating group) is 1. The zero-order chi connectivity index (χ0) is 16.9. The summed E-state index contributed by atoms with van der Waals surface area (Å²) in [5.41, 5.74) is 1.14. The first-order valence-electron chi connectivity index (χ1n) is 8.74. The number of amides is 1. The summed E-state index contributed by atoms with van der Waals surface area (Å²) < 4.78 is 5.46. The van der Waals surface area contributed by atoms with E-state index in [2.05, 4.69) is 27.8 Å². The summed E-state index contributed by atoms with van der Waals surface area (Å²) in [5, 5.41) is 0. The van der Waals surface area contributed by atoms with Gasteiger partial charge < -0.3 is 19.4 Å². The van der Waals surface area contributed by atoms with Crippen molar-refractivity contribution in [3.63, 3.8) is 0 Å². The minimum atomic E-state index is 0.272. The highest BCUT2D eigenvalue weighted by Crippen LogP contribution is 2.28. The fourth-order valence-corrected chi connectivity index (χ4v) is 3.39. The Balaban J connectivity index is 1.49. The van der Waals surface area contributed by atoms with Gasteiger partial charge in [0.1, 0.15) is 5.75 Å². The summed E-state index contributed by atoms with van der Waals surface area (Å²) >= 11 is 0. The first kappa shape index (κ1) is 17.0. The zero-order valence-corrected chi connectivity index (χ0v) is 14.8. The number of nitrogens with zero attached hydrogens (tertiary/aromatic N) is 4. The van der Waals surface area contributed by atoms with E-state index < -0.39 is 0 Å². The van der Waals surface area contributed by atoms with Crippen molar-refractivity contribution < 1.29 is 9.53 Å². The molecule has 0 aliphatic carbocycles. The SMILES string of the molecule is COc1ccccc1N1CCN(CC(=O)N2CCN(C)CC2)CC1. The molecule has 0 atom stereocenters. The molecule has 1 aromatic carbocycles. The second kappa shape index (κ2) is 7.85. The highest BCUT2D eigenvalue weighted by molar-refractivity contribution is 5.78. The van der Waals surface area contributed by atoms with Crippen molar-refractivity contribution in [2.24, 2.45) is 0 Å². The molecule has 0 aromatic heterocycles. The monoisotopic (exact) mass is 332 g/mol. The largest absolute Gasteiger partial charge is 0.495 e. The van der Waals surface area contributed by atoms with Crippen LogP contribution in [-0.4, -0.2) is 93.7 Å². The number of ether oxygens (including phenoxy) is 1. The lowest BCUT2D eigenvalue weighted by molar-refractivity contribution is -0.134. The van der Waals surface area contributed by atoms with Crippen LogP contribution >= 0.6 is 0 Å². The first-order chi connectivity index (χ1) is 11.7. The molecule has 2 saturated heterocycles. The van der Waals surface area contributed by atoms with Crippen molar-refractivity contribution in [1.82, 2.24) is 14.7 Å². The topological polar surface area (TPSA) is 39.3 Å². The molecular weight excluding hydrogens is 304 g/mol. The van der Waals surface area contributed by atoms with Crippen LogP contribution in [0.3, 0.4) is 0 Å². The second-order valence-electron chi connectivity index (χ2n) is 6.62. The van der Waals surface area contributed by atoms with Gasteiger partial charge in [-0.05, 0) is 19.2 Å². The minimum absolute atomic E-state index is 0.272. The molecule has 2 aliphatic rings. The van der Waals surface area contributed by atoms with Crippen LogP contribution in [0.2, 0.25) is 0 Å². The Morgan fingerprint density at radius 1 is 1.00 bits per heavy atom. The third kappa shape index (κ3) is 3.99. The van der Waals surface area contributed by atoms with Gasteiger partial charge in [-0.1, -0.05) is 12.1 Å². The van der Waals surface area contributed by atoms with Crippen molar-refractivity contribution in [3.05, 3.63) is 24.3 Å². The van der Waals surface area contributed by atoms with E-state index in [1.807, 2.05) is 23.1 Å². The standard InChI is InChI=1S/C18H28N4O2/c1-19-7-11-22(12-8-19)18(23)15-20-9-13-21(14-10-20)16-5-3-4-6-17(16)24-2/h3-6H,7-15H2,1-2H3. The summed E-state index contributed by atoms with van der Waals surface area (Å²) in [7, 11) is 3.82. The molecule has 6 nitrogen and oxygen atoms in total. The minimum Gasteiger partial charge on any atom is -0.495 e. The number of piperazine rings is 2. The van der Waals surface area contributed by atoms with Crippen LogP contribution in [0.1, 0.15) is 0 Å². The van der Waals surface area contributed by atoms with Gasteiger partial charge in [0.25, 0.3) is 0 Å². The van der Waals surface area contributed by atoms with E-state index in [0.29, 0.717) is 6.54 Å². The van der Waals surface area contributed by atoms with Gasteiger partial charge in [-0.3, -0.25) is 9.69 Å². The van der Waals surface area contributed by atoms with Crippen LogP contribution in [0.25, 0.3) is 0 Å². The number of hydrogen-bond donors (Lipinski definition) is 0. The lowest BCUT2D eigenvalue weighted by Gasteiger charge is -2.38. The molecule has 2 heterocycles. The molecule has 3 rings (SSSR count). The third-order valence-electron chi connectivity index (χ3n) is 5.01. The molecule has 0 N–H and O–H groups in total. The maximum atomic E-state index is 12.5. The number of carbonyl (C=O) groups excluding carboxylic acids is 1. The van der Waals surface area contributed by atoms with Gasteiger partial charge >= 0.3 is 0 Å². The zero-order valence-electron chi connectivity index (χ0n) is 14.8. The lowest BCUT2D eigenvalue weighted by atomic mass is 10.2. The molecule has 1 aromatic rings. The Bertz CT molecular complexity index is 550. The highest BCUT2D eigenvalue weighted by Gasteiger charge is 2.24. The molecule has 0 bridgehead atoms. The van der Waals surface area contributed by atoms with Gasteiger partial charge in [-0.25, -0.2) is 0 Å². The third-order valence-corrected chi connectivity index (χ3v) is 5.01. The Morgan fingerprint density at radius 3 is 2.33 bits per heavy atom. The van der Waals surface area contributed by atoms with E-state index in [-0.39, 0.29) is 5.91 Å². The molecule has 2 aliphatic heterocycles. The van der Waals surface area contributed by atoms with Gasteiger partial charge in [-0.15, -0.1) is 0 Å². The van der Waals surface area contributed by atoms with Gasteiger partial charge in [0.2, 0.25) is 5.91 Å². The van der Waals surface area contributed by atoms with Crippen LogP contribution in [0.15, 0.2) is 24.3 Å². The van der Waals surface area contributed by atoms with Crippen molar-refractivity contribution in [3.8, 4) is 5.75 Å². The molecule has 132 valence electrons. The van der Waals surface area contributed by atoms with Crippen LogP contribution in [0, 0.1) is 0 Å². The normalized spacial score (nSPS) is 20.2. The Kier molecular flexibility index (Phi) is 5.58. The number of hydrogen-bond acceptors (Lipinski definition) is 5. The van der Waals surface area contributed by atoms with E-state index in [1.165, 1.54) is 0 Å². The van der Waals surface area contributed by atoms with Crippen molar-refractivity contribution in [1.29, 1.82) is 0 Å². The fraction of sp³-hybridized carbons (Fsp3) is 0.611. The number of benzene rings is 1. The molecule has 0 radical (unpaired) electrons. The number of methoxy groups -OCH3 is 1. The second-order valence-corrected chi connectivity index (χ2v) is 6.62. The van der Waals surface area contributed by atoms with E-state index >= 15 is 0 Å². The van der Waals surface area contributed by atoms with Gasteiger partial charge in [0, 0.05) is 52.4 Å². The predicted octanol–water partition coefficient (Wildman–Crippen LogP) is 0.591. The molecule has 2 fully saturated rings. The summed E-state index contributed by atoms with van der Waals surface area (Å²) in [6, 6.07) is 8.14. The van der Waals surface area contributed by atoms with Crippen LogP contribution in [0.5, 0.6) is 5.75 Å². The molecule has 6 heteroatoms.